The molecule has 3 aromatic carbocycles. The number of carbonyl (C=O) groups excluding carboxylic acids is 3. The third kappa shape index (κ3) is 6.12. The second-order valence-electron chi connectivity index (χ2n) is 8.38. The van der Waals surface area contributed by atoms with Crippen molar-refractivity contribution < 1.29 is 31.7 Å². The van der Waals surface area contributed by atoms with Crippen molar-refractivity contribution in [1.82, 2.24) is 0 Å². The molecule has 0 radical (unpaired) electrons. The molecule has 1 aliphatic rings. The molecule has 11 heteroatoms. The van der Waals surface area contributed by atoms with Gasteiger partial charge >= 0.3 is 16.1 Å². The van der Waals surface area contributed by atoms with E-state index in [9.17, 15) is 22.8 Å². The molecule has 1 aliphatic heterocycles. The third-order valence-corrected chi connectivity index (χ3v) is 7.79. The lowest BCUT2D eigenvalue weighted by molar-refractivity contribution is -0.147. The van der Waals surface area contributed by atoms with Gasteiger partial charge in [0.2, 0.25) is 5.91 Å². The van der Waals surface area contributed by atoms with Gasteiger partial charge in [0.15, 0.2) is 12.4 Å². The molecular weight excluding hydrogens is 541 g/mol. The summed E-state index contributed by atoms with van der Waals surface area (Å²) in [5, 5.41) is 0.494. The summed E-state index contributed by atoms with van der Waals surface area (Å²) in [5.41, 5.74) is 1.50. The van der Waals surface area contributed by atoms with E-state index in [-0.39, 0.29) is 45.1 Å². The number of esters is 1. The number of anilines is 1. The SMILES string of the molecule is Cc1ccc(S(=O)(=O)Oc2ccc(C(=O)COC(=O)[C@H]3CC(=O)N(c4cccc(Cl)c4Cl)C3)cc2)cc1. The highest BCUT2D eigenvalue weighted by molar-refractivity contribution is 7.87. The highest BCUT2D eigenvalue weighted by atomic mass is 35.5. The normalized spacial score (nSPS) is 15.5. The number of benzene rings is 3. The molecule has 0 bridgehead atoms. The van der Waals surface area contributed by atoms with Crippen molar-refractivity contribution in [2.45, 2.75) is 18.2 Å². The number of ether oxygens (including phenoxy) is 1. The van der Waals surface area contributed by atoms with Crippen LogP contribution >= 0.6 is 23.2 Å². The Balaban J connectivity index is 1.33. The van der Waals surface area contributed by atoms with Crippen molar-refractivity contribution in [2.24, 2.45) is 5.92 Å². The fraction of sp³-hybridized carbons (Fsp3) is 0.192. The predicted octanol–water partition coefficient (Wildman–Crippen LogP) is 4.85. The van der Waals surface area contributed by atoms with Crippen LogP contribution in [0, 0.1) is 12.8 Å². The lowest BCUT2D eigenvalue weighted by Gasteiger charge is -2.18. The first-order valence-electron chi connectivity index (χ1n) is 11.1. The number of aryl methyl sites for hydroxylation is 1. The summed E-state index contributed by atoms with van der Waals surface area (Å²) < 4.78 is 35.1. The average Bonchev–Trinajstić information content (AvgIpc) is 3.26. The summed E-state index contributed by atoms with van der Waals surface area (Å²) in [6.45, 7) is 1.35. The molecule has 4 rings (SSSR count). The molecule has 192 valence electrons. The number of Topliss-reactive ketones (excluding diaryl/α,β-unsaturated/α-hetero) is 1. The van der Waals surface area contributed by atoms with E-state index in [1.165, 1.54) is 41.3 Å². The standard InChI is InChI=1S/C26H21Cl2NO7S/c1-16-5-11-20(12-6-16)37(33,34)36-19-9-7-17(8-10-19)23(30)15-35-26(32)18-13-24(31)29(14-18)22-4-2-3-21(27)25(22)28/h2-12,18H,13-15H2,1H3/t18-/m0/s1. The van der Waals surface area contributed by atoms with Crippen LogP contribution in [0.25, 0.3) is 0 Å². The minimum absolute atomic E-state index is 0.00626. The number of ketones is 1. The van der Waals surface area contributed by atoms with E-state index in [0.717, 1.165) is 5.56 Å². The Hall–Kier alpha value is -3.40. The zero-order valence-electron chi connectivity index (χ0n) is 19.5. The zero-order chi connectivity index (χ0) is 26.7. The maximum absolute atomic E-state index is 12.5. The van der Waals surface area contributed by atoms with E-state index in [2.05, 4.69) is 0 Å². The Morgan fingerprint density at radius 2 is 1.68 bits per heavy atom. The first kappa shape index (κ1) is 26.7. The lowest BCUT2D eigenvalue weighted by Crippen LogP contribution is -2.27. The zero-order valence-corrected chi connectivity index (χ0v) is 21.8. The van der Waals surface area contributed by atoms with E-state index >= 15 is 0 Å². The molecule has 0 spiro atoms. The van der Waals surface area contributed by atoms with Crippen LogP contribution in [0.3, 0.4) is 0 Å². The van der Waals surface area contributed by atoms with Crippen LogP contribution < -0.4 is 9.08 Å². The van der Waals surface area contributed by atoms with Gasteiger partial charge in [-0.3, -0.25) is 14.4 Å². The van der Waals surface area contributed by atoms with E-state index in [1.807, 2.05) is 6.92 Å². The molecule has 0 unspecified atom stereocenters. The summed E-state index contributed by atoms with van der Waals surface area (Å²) >= 11 is 12.2. The van der Waals surface area contributed by atoms with Crippen LogP contribution in [-0.4, -0.2) is 39.2 Å². The minimum Gasteiger partial charge on any atom is -0.457 e. The van der Waals surface area contributed by atoms with E-state index in [4.69, 9.17) is 32.1 Å². The van der Waals surface area contributed by atoms with E-state index < -0.39 is 34.4 Å². The molecule has 0 aromatic heterocycles. The summed E-state index contributed by atoms with van der Waals surface area (Å²) in [7, 11) is -4.03. The van der Waals surface area contributed by atoms with Gasteiger partial charge in [-0.25, -0.2) is 0 Å². The van der Waals surface area contributed by atoms with Gasteiger partial charge in [-0.2, -0.15) is 8.42 Å². The predicted molar refractivity (Wildman–Crippen MR) is 138 cm³/mol. The largest absolute Gasteiger partial charge is 0.457 e. The van der Waals surface area contributed by atoms with Crippen molar-refractivity contribution in [1.29, 1.82) is 0 Å². The van der Waals surface area contributed by atoms with Crippen molar-refractivity contribution in [2.75, 3.05) is 18.1 Å². The van der Waals surface area contributed by atoms with Crippen molar-refractivity contribution in [3.8, 4) is 5.75 Å². The molecule has 0 saturated carbocycles. The number of hydrogen-bond donors (Lipinski definition) is 0. The molecule has 1 heterocycles. The topological polar surface area (TPSA) is 107 Å². The number of halogens is 2. The molecule has 3 aromatic rings. The third-order valence-electron chi connectivity index (χ3n) is 5.72. The van der Waals surface area contributed by atoms with Crippen LogP contribution in [0.1, 0.15) is 22.3 Å². The van der Waals surface area contributed by atoms with Crippen LogP contribution in [-0.2, 0) is 24.4 Å². The monoisotopic (exact) mass is 561 g/mol. The average molecular weight is 562 g/mol. The molecule has 0 N–H and O–H groups in total. The van der Waals surface area contributed by atoms with Gasteiger partial charge in [0.05, 0.1) is 21.7 Å². The van der Waals surface area contributed by atoms with Gasteiger partial charge in [-0.1, -0.05) is 47.0 Å². The van der Waals surface area contributed by atoms with E-state index in [0.29, 0.717) is 5.69 Å². The lowest BCUT2D eigenvalue weighted by atomic mass is 10.1. The maximum atomic E-state index is 12.5. The van der Waals surface area contributed by atoms with Gasteiger partial charge in [-0.15, -0.1) is 0 Å². The summed E-state index contributed by atoms with van der Waals surface area (Å²) in [6.07, 6.45) is -0.0860. The fourth-order valence-electron chi connectivity index (χ4n) is 3.71. The first-order valence-corrected chi connectivity index (χ1v) is 13.3. The van der Waals surface area contributed by atoms with Crippen LogP contribution in [0.2, 0.25) is 10.0 Å². The Morgan fingerprint density at radius 1 is 1.00 bits per heavy atom. The van der Waals surface area contributed by atoms with Gasteiger partial charge in [0.1, 0.15) is 10.6 Å². The van der Waals surface area contributed by atoms with Crippen LogP contribution in [0.4, 0.5) is 5.69 Å². The highest BCUT2D eigenvalue weighted by Gasteiger charge is 2.37. The Kier molecular flexibility index (Phi) is 7.87. The molecule has 1 fully saturated rings. The first-order chi connectivity index (χ1) is 17.5. The molecule has 37 heavy (non-hydrogen) atoms. The Bertz CT molecular complexity index is 1460. The van der Waals surface area contributed by atoms with Gasteiger partial charge < -0.3 is 13.8 Å². The Morgan fingerprint density at radius 3 is 2.35 bits per heavy atom. The number of carbonyl (C=O) groups is 3. The fourth-order valence-corrected chi connectivity index (χ4v) is 5.04. The summed E-state index contributed by atoms with van der Waals surface area (Å²) in [5.74, 6) is -2.24. The Labute approximate surface area is 223 Å². The van der Waals surface area contributed by atoms with Crippen LogP contribution in [0.15, 0.2) is 71.6 Å². The molecule has 1 amide bonds. The number of hydrogen-bond acceptors (Lipinski definition) is 7. The molecule has 0 aliphatic carbocycles. The summed E-state index contributed by atoms with van der Waals surface area (Å²) in [6, 6.07) is 16.5. The van der Waals surface area contributed by atoms with Crippen molar-refractivity contribution >= 4 is 56.7 Å². The second-order valence-corrected chi connectivity index (χ2v) is 10.7. The number of rotatable bonds is 8. The van der Waals surface area contributed by atoms with Crippen molar-refractivity contribution in [3.63, 3.8) is 0 Å². The van der Waals surface area contributed by atoms with Gasteiger partial charge in [0, 0.05) is 18.5 Å². The number of amides is 1. The van der Waals surface area contributed by atoms with Gasteiger partial charge in [-0.05, 0) is 55.5 Å². The van der Waals surface area contributed by atoms with Gasteiger partial charge in [0.25, 0.3) is 0 Å². The minimum atomic E-state index is -4.03. The van der Waals surface area contributed by atoms with Crippen LogP contribution in [0.5, 0.6) is 5.75 Å². The molecule has 8 nitrogen and oxygen atoms in total. The highest BCUT2D eigenvalue weighted by Crippen LogP contribution is 2.36. The number of nitrogens with zero attached hydrogens (tertiary/aromatic N) is 1. The maximum Gasteiger partial charge on any atom is 0.339 e. The van der Waals surface area contributed by atoms with Crippen molar-refractivity contribution in [3.05, 3.63) is 87.9 Å². The molecule has 1 atom stereocenters. The quantitative estimate of drug-likeness (QED) is 0.220. The molecule has 1 saturated heterocycles. The van der Waals surface area contributed by atoms with E-state index in [1.54, 1.807) is 30.3 Å². The summed E-state index contributed by atoms with van der Waals surface area (Å²) in [4.78, 5) is 38.8. The molecular formula is C26H21Cl2NO7S. The smallest absolute Gasteiger partial charge is 0.339 e. The second kappa shape index (κ2) is 10.9.